The monoisotopic (exact) mass is 375 g/mol. The molecule has 0 aliphatic carbocycles. The topological polar surface area (TPSA) is 64.6 Å². The van der Waals surface area contributed by atoms with E-state index in [1.54, 1.807) is 0 Å². The van der Waals surface area contributed by atoms with Gasteiger partial charge in [-0.25, -0.2) is 4.79 Å². The van der Waals surface area contributed by atoms with Crippen LogP contribution in [0.2, 0.25) is 0 Å². The van der Waals surface area contributed by atoms with E-state index >= 15 is 0 Å². The summed E-state index contributed by atoms with van der Waals surface area (Å²) < 4.78 is 45.1. The molecule has 1 N–H and O–H groups in total. The third-order valence-electron chi connectivity index (χ3n) is 3.43. The minimum Gasteiger partial charge on any atom is -0.494 e. The molecule has 0 aliphatic rings. The molecule has 146 valence electrons. The Labute approximate surface area is 150 Å². The highest BCUT2D eigenvalue weighted by Crippen LogP contribution is 2.17. The molecule has 0 bridgehead atoms. The Balaban J connectivity index is 2.16. The third-order valence-corrected chi connectivity index (χ3v) is 3.43. The fourth-order valence-electron chi connectivity index (χ4n) is 2.07. The van der Waals surface area contributed by atoms with E-state index < -0.39 is 18.1 Å². The molecular weight excluding hydrogens is 351 g/mol. The largest absolute Gasteiger partial charge is 0.494 e. The van der Waals surface area contributed by atoms with Gasteiger partial charge in [-0.15, -0.1) is 0 Å². The van der Waals surface area contributed by atoms with Gasteiger partial charge in [0, 0.05) is 6.54 Å². The molecule has 0 saturated carbocycles. The van der Waals surface area contributed by atoms with E-state index in [-0.39, 0.29) is 13.0 Å². The first-order valence-corrected chi connectivity index (χ1v) is 8.57. The molecule has 0 heterocycles. The summed E-state index contributed by atoms with van der Waals surface area (Å²) in [6.45, 7) is 3.51. The fourth-order valence-corrected chi connectivity index (χ4v) is 2.07. The summed E-state index contributed by atoms with van der Waals surface area (Å²) in [7, 11) is 0. The van der Waals surface area contributed by atoms with Gasteiger partial charge in [0.1, 0.15) is 5.75 Å². The average molecular weight is 375 g/mol. The van der Waals surface area contributed by atoms with Crippen molar-refractivity contribution >= 4 is 11.9 Å². The highest BCUT2D eigenvalue weighted by atomic mass is 19.4. The van der Waals surface area contributed by atoms with Crippen molar-refractivity contribution in [1.82, 2.24) is 5.32 Å². The fraction of sp³-hybridized carbons (Fsp3) is 0.556. The number of esters is 2. The Morgan fingerprint density at radius 2 is 1.92 bits per heavy atom. The molecule has 0 aliphatic heterocycles. The van der Waals surface area contributed by atoms with Gasteiger partial charge in [-0.05, 0) is 43.5 Å². The number of halogens is 3. The van der Waals surface area contributed by atoms with Crippen LogP contribution in [0.5, 0.6) is 5.75 Å². The summed E-state index contributed by atoms with van der Waals surface area (Å²) in [6.07, 6.45) is -1.79. The van der Waals surface area contributed by atoms with Gasteiger partial charge in [0.05, 0.1) is 13.0 Å². The van der Waals surface area contributed by atoms with Crippen molar-refractivity contribution in [3.8, 4) is 5.75 Å². The van der Waals surface area contributed by atoms with Crippen LogP contribution >= 0.6 is 0 Å². The predicted octanol–water partition coefficient (Wildman–Crippen LogP) is 3.41. The van der Waals surface area contributed by atoms with E-state index in [1.807, 2.05) is 24.3 Å². The van der Waals surface area contributed by atoms with Crippen molar-refractivity contribution < 1.29 is 32.2 Å². The number of carbonyl (C=O) groups excluding carboxylic acids is 2. The normalized spacial score (nSPS) is 11.2. The van der Waals surface area contributed by atoms with Crippen LogP contribution in [0.4, 0.5) is 13.2 Å². The van der Waals surface area contributed by atoms with Gasteiger partial charge in [0.2, 0.25) is 0 Å². The lowest BCUT2D eigenvalue weighted by molar-refractivity contribution is -0.201. The number of nitrogens with one attached hydrogen (secondary N) is 1. The number of benzene rings is 1. The van der Waals surface area contributed by atoms with Crippen LogP contribution in [0.15, 0.2) is 24.3 Å². The molecule has 0 radical (unpaired) electrons. The van der Waals surface area contributed by atoms with Gasteiger partial charge in [0.15, 0.2) is 0 Å². The molecule has 5 nitrogen and oxygen atoms in total. The van der Waals surface area contributed by atoms with Crippen molar-refractivity contribution in [2.24, 2.45) is 0 Å². The van der Waals surface area contributed by atoms with Gasteiger partial charge in [0.25, 0.3) is 0 Å². The van der Waals surface area contributed by atoms with Crippen molar-refractivity contribution in [2.45, 2.75) is 45.2 Å². The van der Waals surface area contributed by atoms with Gasteiger partial charge in [-0.1, -0.05) is 25.5 Å². The van der Waals surface area contributed by atoms with Crippen LogP contribution in [-0.2, 0) is 20.7 Å². The van der Waals surface area contributed by atoms with Crippen molar-refractivity contribution in [1.29, 1.82) is 0 Å². The second-order valence-electron chi connectivity index (χ2n) is 5.71. The maximum atomic E-state index is 11.9. The van der Waals surface area contributed by atoms with Gasteiger partial charge in [-0.3, -0.25) is 4.79 Å². The Morgan fingerprint density at radius 3 is 2.62 bits per heavy atom. The summed E-state index contributed by atoms with van der Waals surface area (Å²) in [5.74, 6) is -2.85. The van der Waals surface area contributed by atoms with Crippen LogP contribution < -0.4 is 10.1 Å². The number of rotatable bonds is 11. The lowest BCUT2D eigenvalue weighted by Gasteiger charge is -2.08. The molecule has 0 amide bonds. The molecule has 8 heteroatoms. The average Bonchev–Trinajstić information content (AvgIpc) is 2.58. The van der Waals surface area contributed by atoms with Crippen molar-refractivity contribution in [2.75, 3.05) is 19.7 Å². The minimum absolute atomic E-state index is 0.143. The van der Waals surface area contributed by atoms with E-state index in [0.29, 0.717) is 13.2 Å². The van der Waals surface area contributed by atoms with Crippen LogP contribution in [-0.4, -0.2) is 37.8 Å². The SMILES string of the molecule is CCCCOc1cccc(CCCNCCC(=O)OC(=O)C(F)(F)F)c1. The highest BCUT2D eigenvalue weighted by Gasteiger charge is 2.42. The van der Waals surface area contributed by atoms with E-state index in [4.69, 9.17) is 4.74 Å². The van der Waals surface area contributed by atoms with Crippen LogP contribution in [0.1, 0.15) is 38.2 Å². The predicted molar refractivity (Wildman–Crippen MR) is 89.8 cm³/mol. The molecule has 26 heavy (non-hydrogen) atoms. The quantitative estimate of drug-likeness (QED) is 0.365. The zero-order valence-electron chi connectivity index (χ0n) is 14.7. The summed E-state index contributed by atoms with van der Waals surface area (Å²) in [6, 6.07) is 7.81. The molecule has 1 aromatic carbocycles. The van der Waals surface area contributed by atoms with Crippen LogP contribution in [0, 0.1) is 0 Å². The van der Waals surface area contributed by atoms with Gasteiger partial charge < -0.3 is 14.8 Å². The number of hydrogen-bond donors (Lipinski definition) is 1. The molecule has 1 aromatic rings. The molecule has 0 atom stereocenters. The lowest BCUT2D eigenvalue weighted by Crippen LogP contribution is -2.29. The Morgan fingerprint density at radius 1 is 1.15 bits per heavy atom. The third kappa shape index (κ3) is 9.41. The molecule has 0 aromatic heterocycles. The van der Waals surface area contributed by atoms with E-state index in [9.17, 15) is 22.8 Å². The number of unbranched alkanes of at least 4 members (excludes halogenated alkanes) is 1. The number of hydrogen-bond acceptors (Lipinski definition) is 5. The molecule has 1 rings (SSSR count). The van der Waals surface area contributed by atoms with Gasteiger partial charge >= 0.3 is 18.1 Å². The second kappa shape index (κ2) is 11.5. The van der Waals surface area contributed by atoms with Crippen molar-refractivity contribution in [3.05, 3.63) is 29.8 Å². The summed E-state index contributed by atoms with van der Waals surface area (Å²) >= 11 is 0. The minimum atomic E-state index is -5.15. The maximum Gasteiger partial charge on any atom is 0.491 e. The number of ether oxygens (including phenoxy) is 2. The van der Waals surface area contributed by atoms with Crippen molar-refractivity contribution in [3.63, 3.8) is 0 Å². The first kappa shape index (κ1) is 22.0. The Bertz CT molecular complexity index is 576. The Hall–Kier alpha value is -2.09. The van der Waals surface area contributed by atoms with E-state index in [0.717, 1.165) is 37.0 Å². The molecule has 0 unspecified atom stereocenters. The molecule has 0 saturated heterocycles. The number of aryl methyl sites for hydroxylation is 1. The Kier molecular flexibility index (Phi) is 9.72. The second-order valence-corrected chi connectivity index (χ2v) is 5.71. The summed E-state index contributed by atoms with van der Waals surface area (Å²) in [4.78, 5) is 21.6. The van der Waals surface area contributed by atoms with E-state index in [1.165, 1.54) is 0 Å². The first-order chi connectivity index (χ1) is 12.3. The highest BCUT2D eigenvalue weighted by molar-refractivity contribution is 5.88. The summed E-state index contributed by atoms with van der Waals surface area (Å²) in [5, 5.41) is 2.93. The first-order valence-electron chi connectivity index (χ1n) is 8.57. The molecule has 0 fully saturated rings. The maximum absolute atomic E-state index is 11.9. The zero-order valence-corrected chi connectivity index (χ0v) is 14.7. The molecule has 0 spiro atoms. The van der Waals surface area contributed by atoms with E-state index in [2.05, 4.69) is 17.0 Å². The summed E-state index contributed by atoms with van der Waals surface area (Å²) in [5.41, 5.74) is 1.12. The number of alkyl halides is 3. The zero-order chi connectivity index (χ0) is 19.4. The standard InChI is InChI=1S/C18H24F3NO4/c1-2-3-12-25-15-8-4-6-14(13-15)7-5-10-22-11-9-16(23)26-17(24)18(19,20)21/h4,6,8,13,22H,2-3,5,7,9-12H2,1H3. The lowest BCUT2D eigenvalue weighted by atomic mass is 10.1. The van der Waals surface area contributed by atoms with Crippen LogP contribution in [0.25, 0.3) is 0 Å². The van der Waals surface area contributed by atoms with Gasteiger partial charge in [-0.2, -0.15) is 13.2 Å². The molecular formula is C18H24F3NO4. The van der Waals surface area contributed by atoms with Crippen LogP contribution in [0.3, 0.4) is 0 Å². The number of carbonyl (C=O) groups is 2. The smallest absolute Gasteiger partial charge is 0.491 e.